The topological polar surface area (TPSA) is 44.0 Å². The van der Waals surface area contributed by atoms with Gasteiger partial charge < -0.3 is 5.11 Å². The average molecular weight is 185 g/mol. The molecule has 1 fully saturated rings. The van der Waals surface area contributed by atoms with E-state index >= 15 is 0 Å². The molecule has 0 aliphatic heterocycles. The molecule has 0 aromatic rings. The number of hydrogen-bond acceptors (Lipinski definition) is 2. The van der Waals surface area contributed by atoms with E-state index in [1.807, 2.05) is 13.8 Å². The molecule has 0 atom stereocenters. The molecule has 2 nitrogen and oxygen atoms in total. The van der Waals surface area contributed by atoms with Crippen molar-refractivity contribution in [2.24, 2.45) is 5.92 Å². The molecule has 0 unspecified atom stereocenters. The van der Waals surface area contributed by atoms with Gasteiger partial charge in [-0.25, -0.2) is 0 Å². The molecule has 0 heterocycles. The number of nitriles is 1. The third-order valence-electron chi connectivity index (χ3n) is 1.99. The molecular formula is C11H23NO. The first-order valence-corrected chi connectivity index (χ1v) is 5.19. The maximum absolute atomic E-state index is 9.03. The molecule has 0 radical (unpaired) electrons. The van der Waals surface area contributed by atoms with Crippen LogP contribution in [0.25, 0.3) is 0 Å². The Morgan fingerprint density at radius 1 is 1.15 bits per heavy atom. The lowest BCUT2D eigenvalue weighted by atomic mass is 9.89. The minimum absolute atomic E-state index is 0.0196. The zero-order chi connectivity index (χ0) is 10.7. The predicted molar refractivity (Wildman–Crippen MR) is 56.3 cm³/mol. The lowest BCUT2D eigenvalue weighted by Gasteiger charge is -2.21. The highest BCUT2D eigenvalue weighted by Gasteiger charge is 2.14. The van der Waals surface area contributed by atoms with Crippen LogP contribution in [0.2, 0.25) is 0 Å². The Labute approximate surface area is 82.6 Å². The number of nitrogens with zero attached hydrogens (tertiary/aromatic N) is 1. The van der Waals surface area contributed by atoms with E-state index in [4.69, 9.17) is 10.4 Å². The molecule has 1 saturated carbocycles. The number of aliphatic hydroxyl groups is 1. The molecule has 78 valence electrons. The van der Waals surface area contributed by atoms with Gasteiger partial charge in [0, 0.05) is 6.92 Å². The molecule has 0 aromatic heterocycles. The first-order valence-electron chi connectivity index (χ1n) is 5.19. The van der Waals surface area contributed by atoms with Gasteiger partial charge in [-0.05, 0) is 31.6 Å². The highest BCUT2D eigenvalue weighted by molar-refractivity contribution is 4.67. The van der Waals surface area contributed by atoms with Crippen molar-refractivity contribution in [2.75, 3.05) is 0 Å². The van der Waals surface area contributed by atoms with Crippen LogP contribution in [-0.2, 0) is 0 Å². The number of hydrogen-bond donors (Lipinski definition) is 1. The molecular weight excluding hydrogens is 162 g/mol. The van der Waals surface area contributed by atoms with Crippen molar-refractivity contribution in [3.05, 3.63) is 0 Å². The predicted octanol–water partition coefficient (Wildman–Crippen LogP) is 3.11. The van der Waals surface area contributed by atoms with E-state index in [1.54, 1.807) is 6.07 Å². The van der Waals surface area contributed by atoms with Crippen LogP contribution < -0.4 is 0 Å². The van der Waals surface area contributed by atoms with Crippen LogP contribution in [0.4, 0.5) is 0 Å². The second-order valence-electron chi connectivity index (χ2n) is 3.14. The van der Waals surface area contributed by atoms with Gasteiger partial charge >= 0.3 is 0 Å². The van der Waals surface area contributed by atoms with E-state index in [0.29, 0.717) is 0 Å². The maximum Gasteiger partial charge on any atom is 0.0587 e. The van der Waals surface area contributed by atoms with Gasteiger partial charge in [-0.1, -0.05) is 20.8 Å². The van der Waals surface area contributed by atoms with E-state index in [2.05, 4.69) is 6.92 Å². The van der Waals surface area contributed by atoms with Gasteiger partial charge in [0.1, 0.15) is 0 Å². The number of aliphatic hydroxyl groups excluding tert-OH is 1. The fraction of sp³-hybridized carbons (Fsp3) is 0.909. The number of rotatable bonds is 0. The zero-order valence-electron chi connectivity index (χ0n) is 9.38. The first kappa shape index (κ1) is 14.9. The minimum Gasteiger partial charge on any atom is -0.393 e. The summed E-state index contributed by atoms with van der Waals surface area (Å²) in [5, 5.41) is 16.3. The summed E-state index contributed by atoms with van der Waals surface area (Å²) >= 11 is 0. The Morgan fingerprint density at radius 3 is 1.69 bits per heavy atom. The highest BCUT2D eigenvalue weighted by Crippen LogP contribution is 2.22. The minimum atomic E-state index is 0.0196. The molecule has 1 N–H and O–H groups in total. The van der Waals surface area contributed by atoms with E-state index in [9.17, 15) is 0 Å². The molecule has 0 saturated heterocycles. The smallest absolute Gasteiger partial charge is 0.0587 e. The van der Waals surface area contributed by atoms with Crippen molar-refractivity contribution in [1.82, 2.24) is 0 Å². The standard InChI is InChI=1S/C7H14O.C2H3N.C2H6/c1-6-2-4-7(8)5-3-6;1-2-3;1-2/h6-8H,2-5H2,1H3;1H3;1-2H3. The van der Waals surface area contributed by atoms with E-state index in [0.717, 1.165) is 18.8 Å². The van der Waals surface area contributed by atoms with Crippen molar-refractivity contribution < 1.29 is 5.11 Å². The van der Waals surface area contributed by atoms with E-state index in [1.165, 1.54) is 19.8 Å². The summed E-state index contributed by atoms with van der Waals surface area (Å²) in [7, 11) is 0. The Kier molecular flexibility index (Phi) is 13.2. The van der Waals surface area contributed by atoms with Crippen LogP contribution in [-0.4, -0.2) is 11.2 Å². The summed E-state index contributed by atoms with van der Waals surface area (Å²) in [6.07, 6.45) is 4.52. The SMILES string of the molecule is CC.CC#N.CC1CCC(O)CC1. The quantitative estimate of drug-likeness (QED) is 0.630. The highest BCUT2D eigenvalue weighted by atomic mass is 16.3. The van der Waals surface area contributed by atoms with Gasteiger partial charge in [0.05, 0.1) is 12.2 Å². The van der Waals surface area contributed by atoms with Crippen LogP contribution in [0.1, 0.15) is 53.4 Å². The van der Waals surface area contributed by atoms with Crippen LogP contribution in [0.3, 0.4) is 0 Å². The molecule has 13 heavy (non-hydrogen) atoms. The lowest BCUT2D eigenvalue weighted by molar-refractivity contribution is 0.112. The second kappa shape index (κ2) is 11.4. The molecule has 0 bridgehead atoms. The van der Waals surface area contributed by atoms with Gasteiger partial charge in [0.25, 0.3) is 0 Å². The van der Waals surface area contributed by atoms with Crippen molar-refractivity contribution in [3.8, 4) is 6.07 Å². The molecule has 2 heteroatoms. The molecule has 1 aliphatic carbocycles. The van der Waals surface area contributed by atoms with Crippen molar-refractivity contribution in [1.29, 1.82) is 5.26 Å². The van der Waals surface area contributed by atoms with Crippen molar-refractivity contribution in [3.63, 3.8) is 0 Å². The third kappa shape index (κ3) is 11.5. The summed E-state index contributed by atoms with van der Waals surface area (Å²) in [5.74, 6) is 0.860. The van der Waals surface area contributed by atoms with Gasteiger partial charge in [-0.15, -0.1) is 0 Å². The van der Waals surface area contributed by atoms with Crippen LogP contribution in [0.5, 0.6) is 0 Å². The first-order chi connectivity index (χ1) is 6.20. The molecule has 0 aromatic carbocycles. The third-order valence-corrected chi connectivity index (χ3v) is 1.99. The lowest BCUT2D eigenvalue weighted by Crippen LogP contribution is -2.15. The largest absolute Gasteiger partial charge is 0.393 e. The van der Waals surface area contributed by atoms with Gasteiger partial charge in [-0.3, -0.25) is 0 Å². The van der Waals surface area contributed by atoms with E-state index in [-0.39, 0.29) is 6.10 Å². The Hall–Kier alpha value is -0.550. The van der Waals surface area contributed by atoms with Gasteiger partial charge in [-0.2, -0.15) is 5.26 Å². The molecule has 0 spiro atoms. The summed E-state index contributed by atoms with van der Waals surface area (Å²) in [5.41, 5.74) is 0. The van der Waals surface area contributed by atoms with Crippen molar-refractivity contribution in [2.45, 2.75) is 59.5 Å². The van der Waals surface area contributed by atoms with E-state index < -0.39 is 0 Å². The van der Waals surface area contributed by atoms with Crippen LogP contribution >= 0.6 is 0 Å². The maximum atomic E-state index is 9.03. The Bertz CT molecular complexity index is 111. The summed E-state index contributed by atoms with van der Waals surface area (Å²) in [6, 6.07) is 1.75. The fourth-order valence-corrected chi connectivity index (χ4v) is 1.24. The molecule has 0 amide bonds. The fourth-order valence-electron chi connectivity index (χ4n) is 1.24. The zero-order valence-corrected chi connectivity index (χ0v) is 9.38. The Balaban J connectivity index is 0. The average Bonchev–Trinajstić information content (AvgIpc) is 2.15. The Morgan fingerprint density at radius 2 is 1.46 bits per heavy atom. The monoisotopic (exact) mass is 185 g/mol. The van der Waals surface area contributed by atoms with Gasteiger partial charge in [0.2, 0.25) is 0 Å². The van der Waals surface area contributed by atoms with Crippen LogP contribution in [0.15, 0.2) is 0 Å². The van der Waals surface area contributed by atoms with Crippen molar-refractivity contribution >= 4 is 0 Å². The normalized spacial score (nSPS) is 25.5. The van der Waals surface area contributed by atoms with Crippen LogP contribution in [0, 0.1) is 17.2 Å². The molecule has 1 rings (SSSR count). The van der Waals surface area contributed by atoms with Gasteiger partial charge in [0.15, 0.2) is 0 Å². The molecule has 1 aliphatic rings. The summed E-state index contributed by atoms with van der Waals surface area (Å²) < 4.78 is 0. The second-order valence-corrected chi connectivity index (χ2v) is 3.14. The summed E-state index contributed by atoms with van der Waals surface area (Å²) in [4.78, 5) is 0. The summed E-state index contributed by atoms with van der Waals surface area (Å²) in [6.45, 7) is 7.69.